The molecule has 82 valence electrons. The Kier molecular flexibility index (Phi) is 3.35. The average molecular weight is 228 g/mol. The Morgan fingerprint density at radius 3 is 2.81 bits per heavy atom. The quantitative estimate of drug-likeness (QED) is 0.678. The summed E-state index contributed by atoms with van der Waals surface area (Å²) in [5.74, 6) is 0. The SMILES string of the molecule is CC=C1Cc2ccccc2/C1=C/CC(C)=S. The summed E-state index contributed by atoms with van der Waals surface area (Å²) in [4.78, 5) is 1.05. The van der Waals surface area contributed by atoms with Gasteiger partial charge in [-0.2, -0.15) is 0 Å². The van der Waals surface area contributed by atoms with E-state index in [-0.39, 0.29) is 0 Å². The van der Waals surface area contributed by atoms with Gasteiger partial charge in [0.1, 0.15) is 0 Å². The van der Waals surface area contributed by atoms with Gasteiger partial charge >= 0.3 is 0 Å². The Balaban J connectivity index is 2.42. The monoisotopic (exact) mass is 228 g/mol. The van der Waals surface area contributed by atoms with Crippen LogP contribution in [0, 0.1) is 0 Å². The van der Waals surface area contributed by atoms with Crippen LogP contribution in [0.15, 0.2) is 42.0 Å². The van der Waals surface area contributed by atoms with Crippen molar-refractivity contribution in [1.82, 2.24) is 0 Å². The Hall–Kier alpha value is -1.21. The molecule has 1 aliphatic rings. The predicted octanol–water partition coefficient (Wildman–Crippen LogP) is 4.35. The zero-order chi connectivity index (χ0) is 11.5. The summed E-state index contributed by atoms with van der Waals surface area (Å²) in [5, 5.41) is 0. The second kappa shape index (κ2) is 4.75. The first-order chi connectivity index (χ1) is 7.72. The van der Waals surface area contributed by atoms with E-state index in [0.29, 0.717) is 0 Å². The lowest BCUT2D eigenvalue weighted by molar-refractivity contribution is 1.26. The molecule has 0 amide bonds. The van der Waals surface area contributed by atoms with Gasteiger partial charge in [-0.1, -0.05) is 48.6 Å². The number of fused-ring (bicyclic) bond motifs is 1. The van der Waals surface area contributed by atoms with E-state index in [4.69, 9.17) is 12.2 Å². The van der Waals surface area contributed by atoms with Crippen molar-refractivity contribution in [3.05, 3.63) is 53.1 Å². The highest BCUT2D eigenvalue weighted by Crippen LogP contribution is 2.36. The fraction of sp³-hybridized carbons (Fsp3) is 0.267. The summed E-state index contributed by atoms with van der Waals surface area (Å²) in [7, 11) is 0. The van der Waals surface area contributed by atoms with E-state index < -0.39 is 0 Å². The van der Waals surface area contributed by atoms with E-state index in [2.05, 4.69) is 43.3 Å². The maximum Gasteiger partial charge on any atom is -0.00168 e. The van der Waals surface area contributed by atoms with Crippen molar-refractivity contribution in [2.75, 3.05) is 0 Å². The summed E-state index contributed by atoms with van der Waals surface area (Å²) in [5.41, 5.74) is 5.62. The fourth-order valence-corrected chi connectivity index (χ4v) is 2.24. The van der Waals surface area contributed by atoms with Crippen LogP contribution in [0.1, 0.15) is 31.4 Å². The minimum Gasteiger partial charge on any atom is -0.0897 e. The maximum absolute atomic E-state index is 5.14. The van der Waals surface area contributed by atoms with Crippen molar-refractivity contribution in [3.8, 4) is 0 Å². The molecule has 16 heavy (non-hydrogen) atoms. The van der Waals surface area contributed by atoms with Gasteiger partial charge in [-0.05, 0) is 53.8 Å². The van der Waals surface area contributed by atoms with Gasteiger partial charge in [0.05, 0.1) is 0 Å². The number of allylic oxidation sites excluding steroid dienone is 4. The molecule has 1 aromatic carbocycles. The average Bonchev–Trinajstić information content (AvgIpc) is 2.64. The number of hydrogen-bond donors (Lipinski definition) is 0. The molecule has 0 bridgehead atoms. The van der Waals surface area contributed by atoms with Gasteiger partial charge in [-0.3, -0.25) is 0 Å². The molecule has 0 fully saturated rings. The Morgan fingerprint density at radius 2 is 2.12 bits per heavy atom. The van der Waals surface area contributed by atoms with Crippen molar-refractivity contribution in [2.45, 2.75) is 26.7 Å². The van der Waals surface area contributed by atoms with Crippen LogP contribution in [0.4, 0.5) is 0 Å². The molecule has 0 N–H and O–H groups in total. The summed E-state index contributed by atoms with van der Waals surface area (Å²) in [6, 6.07) is 8.63. The topological polar surface area (TPSA) is 0 Å². The first-order valence-corrected chi connectivity index (χ1v) is 6.06. The highest BCUT2D eigenvalue weighted by Gasteiger charge is 2.19. The summed E-state index contributed by atoms with van der Waals surface area (Å²) in [6.45, 7) is 4.11. The molecule has 0 unspecified atom stereocenters. The van der Waals surface area contributed by atoms with E-state index in [1.54, 1.807) is 0 Å². The Morgan fingerprint density at radius 1 is 1.38 bits per heavy atom. The first-order valence-electron chi connectivity index (χ1n) is 5.66. The van der Waals surface area contributed by atoms with Crippen molar-refractivity contribution in [2.24, 2.45) is 0 Å². The van der Waals surface area contributed by atoms with Gasteiger partial charge in [-0.15, -0.1) is 0 Å². The van der Waals surface area contributed by atoms with Gasteiger partial charge in [-0.25, -0.2) is 0 Å². The molecule has 0 saturated carbocycles. The zero-order valence-electron chi connectivity index (χ0n) is 9.79. The van der Waals surface area contributed by atoms with Crippen LogP contribution >= 0.6 is 12.2 Å². The van der Waals surface area contributed by atoms with Crippen LogP contribution in [0.2, 0.25) is 0 Å². The van der Waals surface area contributed by atoms with E-state index in [1.165, 1.54) is 22.3 Å². The van der Waals surface area contributed by atoms with Crippen LogP contribution < -0.4 is 0 Å². The third-order valence-corrected chi connectivity index (χ3v) is 3.14. The van der Waals surface area contributed by atoms with Crippen molar-refractivity contribution < 1.29 is 0 Å². The molecule has 0 heterocycles. The van der Waals surface area contributed by atoms with Crippen molar-refractivity contribution in [1.29, 1.82) is 0 Å². The minimum atomic E-state index is 0.899. The van der Waals surface area contributed by atoms with Gasteiger partial charge in [0.25, 0.3) is 0 Å². The molecular formula is C15H16S. The Labute approximate surface area is 103 Å². The lowest BCUT2D eigenvalue weighted by Crippen LogP contribution is -1.85. The van der Waals surface area contributed by atoms with Crippen LogP contribution in [0.5, 0.6) is 0 Å². The van der Waals surface area contributed by atoms with Gasteiger partial charge in [0.2, 0.25) is 0 Å². The molecule has 0 nitrogen and oxygen atoms in total. The normalized spacial score (nSPS) is 19.1. The predicted molar refractivity (Wildman–Crippen MR) is 74.8 cm³/mol. The highest BCUT2D eigenvalue weighted by molar-refractivity contribution is 7.80. The molecule has 1 heteroatoms. The van der Waals surface area contributed by atoms with Crippen LogP contribution in [-0.2, 0) is 6.42 Å². The molecular weight excluding hydrogens is 212 g/mol. The molecule has 0 spiro atoms. The smallest absolute Gasteiger partial charge is 0.00168 e. The number of benzene rings is 1. The second-order valence-corrected chi connectivity index (χ2v) is 4.87. The van der Waals surface area contributed by atoms with Crippen molar-refractivity contribution >= 4 is 22.7 Å². The molecule has 1 aliphatic carbocycles. The van der Waals surface area contributed by atoms with Gasteiger partial charge < -0.3 is 0 Å². The van der Waals surface area contributed by atoms with Crippen molar-refractivity contribution in [3.63, 3.8) is 0 Å². The van der Waals surface area contributed by atoms with E-state index in [1.807, 2.05) is 6.92 Å². The largest absolute Gasteiger partial charge is 0.0897 e. The maximum atomic E-state index is 5.14. The zero-order valence-corrected chi connectivity index (χ0v) is 10.6. The van der Waals surface area contributed by atoms with Crippen LogP contribution in [-0.4, -0.2) is 4.86 Å². The molecule has 0 radical (unpaired) electrons. The second-order valence-electron chi connectivity index (χ2n) is 4.17. The Bertz CT molecular complexity index is 478. The summed E-state index contributed by atoms with van der Waals surface area (Å²) < 4.78 is 0. The fourth-order valence-electron chi connectivity index (χ4n) is 2.16. The lowest BCUT2D eigenvalue weighted by atomic mass is 10.0. The number of rotatable bonds is 2. The number of hydrogen-bond acceptors (Lipinski definition) is 1. The summed E-state index contributed by atoms with van der Waals surface area (Å²) >= 11 is 5.14. The van der Waals surface area contributed by atoms with E-state index in [9.17, 15) is 0 Å². The molecule has 0 saturated heterocycles. The molecule has 0 atom stereocenters. The van der Waals surface area contributed by atoms with Crippen LogP contribution in [0.25, 0.3) is 5.57 Å². The lowest BCUT2D eigenvalue weighted by Gasteiger charge is -2.02. The third kappa shape index (κ3) is 2.14. The molecule has 0 aliphatic heterocycles. The molecule has 2 rings (SSSR count). The van der Waals surface area contributed by atoms with Crippen LogP contribution in [0.3, 0.4) is 0 Å². The van der Waals surface area contributed by atoms with E-state index >= 15 is 0 Å². The molecule has 1 aromatic rings. The van der Waals surface area contributed by atoms with Gasteiger partial charge in [0.15, 0.2) is 0 Å². The third-order valence-electron chi connectivity index (χ3n) is 2.98. The van der Waals surface area contributed by atoms with Gasteiger partial charge in [0, 0.05) is 0 Å². The summed E-state index contributed by atoms with van der Waals surface area (Å²) in [6.07, 6.45) is 6.44. The molecule has 0 aromatic heterocycles. The highest BCUT2D eigenvalue weighted by atomic mass is 32.1. The first kappa shape index (κ1) is 11.3. The number of thiocarbonyl (C=S) groups is 1. The standard InChI is InChI=1S/C15H16S/c1-3-12-10-13-6-4-5-7-14(13)15(12)9-8-11(2)16/h3-7,9H,8,10H2,1-2H3/b12-3?,15-9+. The van der Waals surface area contributed by atoms with E-state index in [0.717, 1.165) is 17.7 Å². The minimum absolute atomic E-state index is 0.899.